The quantitative estimate of drug-likeness (QED) is 0.768. The molecule has 0 fully saturated rings. The maximum absolute atomic E-state index is 9.21. The molecule has 96 valence electrons. The molecule has 0 bridgehead atoms. The predicted molar refractivity (Wildman–Crippen MR) is 79.2 cm³/mol. The van der Waals surface area contributed by atoms with Crippen LogP contribution < -0.4 is 5.32 Å². The summed E-state index contributed by atoms with van der Waals surface area (Å²) in [5.41, 5.74) is 3.45. The molecule has 3 rings (SSSR count). The third-order valence-corrected chi connectivity index (χ3v) is 3.23. The van der Waals surface area contributed by atoms with E-state index in [1.807, 2.05) is 49.5 Å². The second-order valence-corrected chi connectivity index (χ2v) is 4.36. The average molecular weight is 260 g/mol. The van der Waals surface area contributed by atoms with Crippen LogP contribution in [0.5, 0.6) is 0 Å². The third-order valence-electron chi connectivity index (χ3n) is 3.23. The highest BCUT2D eigenvalue weighted by Gasteiger charge is 2.07. The largest absolute Gasteiger partial charge is 0.373 e. The number of nitrogens with one attached hydrogen (secondary N) is 1. The van der Waals surface area contributed by atoms with Gasteiger partial charge < -0.3 is 5.32 Å². The van der Waals surface area contributed by atoms with E-state index in [1.54, 1.807) is 0 Å². The van der Waals surface area contributed by atoms with E-state index in [-0.39, 0.29) is 0 Å². The fourth-order valence-electron chi connectivity index (χ4n) is 2.26. The zero-order valence-corrected chi connectivity index (χ0v) is 11.0. The molecule has 0 aliphatic heterocycles. The Balaban J connectivity index is 2.26. The Morgan fingerprint density at radius 2 is 1.95 bits per heavy atom. The summed E-state index contributed by atoms with van der Waals surface area (Å²) >= 11 is 0. The van der Waals surface area contributed by atoms with Gasteiger partial charge in [0, 0.05) is 12.4 Å². The van der Waals surface area contributed by atoms with Gasteiger partial charge in [-0.05, 0) is 29.3 Å². The number of nitriles is 1. The van der Waals surface area contributed by atoms with Crippen molar-refractivity contribution in [1.82, 2.24) is 9.97 Å². The lowest BCUT2D eigenvalue weighted by Crippen LogP contribution is -1.95. The lowest BCUT2D eigenvalue weighted by Gasteiger charge is -2.08. The minimum Gasteiger partial charge on any atom is -0.373 e. The first-order valence-electron chi connectivity index (χ1n) is 6.25. The molecule has 0 amide bonds. The zero-order valence-electron chi connectivity index (χ0n) is 11.0. The normalized spacial score (nSPS) is 10.2. The molecule has 4 nitrogen and oxygen atoms in total. The molecule has 4 heteroatoms. The van der Waals surface area contributed by atoms with Crippen molar-refractivity contribution >= 4 is 16.7 Å². The van der Waals surface area contributed by atoms with Gasteiger partial charge in [-0.1, -0.05) is 24.3 Å². The van der Waals surface area contributed by atoms with E-state index in [4.69, 9.17) is 0 Å². The van der Waals surface area contributed by atoms with Crippen LogP contribution in [0.4, 0.5) is 5.82 Å². The minimum atomic E-state index is 0.662. The number of fused-ring (bicyclic) bond motifs is 1. The SMILES string of the molecule is CNc1ncnc2ccc(-c3ccccc3C#N)cc12. The van der Waals surface area contributed by atoms with Crippen molar-refractivity contribution in [3.63, 3.8) is 0 Å². The summed E-state index contributed by atoms with van der Waals surface area (Å²) in [6.45, 7) is 0. The van der Waals surface area contributed by atoms with Gasteiger partial charge in [0.15, 0.2) is 0 Å². The van der Waals surface area contributed by atoms with Crippen molar-refractivity contribution in [3.8, 4) is 17.2 Å². The summed E-state index contributed by atoms with van der Waals surface area (Å²) in [5, 5.41) is 13.2. The second kappa shape index (κ2) is 4.98. The first kappa shape index (κ1) is 12.1. The van der Waals surface area contributed by atoms with Gasteiger partial charge in [0.2, 0.25) is 0 Å². The fourth-order valence-corrected chi connectivity index (χ4v) is 2.26. The molecule has 20 heavy (non-hydrogen) atoms. The highest BCUT2D eigenvalue weighted by Crippen LogP contribution is 2.28. The maximum atomic E-state index is 9.21. The zero-order chi connectivity index (χ0) is 13.9. The standard InChI is InChI=1S/C16H12N4/c1-18-16-14-8-11(6-7-15(14)19-10-20-16)13-5-3-2-4-12(13)9-17/h2-8,10H,1H3,(H,18,19,20). The summed E-state index contributed by atoms with van der Waals surface area (Å²) < 4.78 is 0. The summed E-state index contributed by atoms with van der Waals surface area (Å²) in [7, 11) is 1.83. The van der Waals surface area contributed by atoms with Gasteiger partial charge >= 0.3 is 0 Å². The Kier molecular flexibility index (Phi) is 3.02. The van der Waals surface area contributed by atoms with Crippen LogP contribution in [-0.4, -0.2) is 17.0 Å². The van der Waals surface area contributed by atoms with Crippen molar-refractivity contribution in [2.75, 3.05) is 12.4 Å². The number of anilines is 1. The lowest BCUT2D eigenvalue weighted by atomic mass is 9.99. The van der Waals surface area contributed by atoms with Crippen LogP contribution in [0.1, 0.15) is 5.56 Å². The Morgan fingerprint density at radius 1 is 1.10 bits per heavy atom. The molecule has 0 atom stereocenters. The molecule has 1 N–H and O–H groups in total. The van der Waals surface area contributed by atoms with Gasteiger partial charge in [-0.25, -0.2) is 9.97 Å². The molecule has 3 aromatic rings. The maximum Gasteiger partial charge on any atom is 0.137 e. The van der Waals surface area contributed by atoms with Crippen molar-refractivity contribution < 1.29 is 0 Å². The first-order chi connectivity index (χ1) is 9.83. The monoisotopic (exact) mass is 260 g/mol. The van der Waals surface area contributed by atoms with Gasteiger partial charge in [0.25, 0.3) is 0 Å². The van der Waals surface area contributed by atoms with Crippen LogP contribution in [0.2, 0.25) is 0 Å². The molecule has 0 saturated carbocycles. The lowest BCUT2D eigenvalue weighted by molar-refractivity contribution is 1.21. The van der Waals surface area contributed by atoms with Gasteiger partial charge in [-0.2, -0.15) is 5.26 Å². The third kappa shape index (κ3) is 1.95. The molecular formula is C16H12N4. The number of hydrogen-bond donors (Lipinski definition) is 1. The highest BCUT2D eigenvalue weighted by atomic mass is 15.0. The van der Waals surface area contributed by atoms with Crippen LogP contribution in [0.3, 0.4) is 0 Å². The average Bonchev–Trinajstić information content (AvgIpc) is 2.53. The number of nitrogens with zero attached hydrogens (tertiary/aromatic N) is 3. The predicted octanol–water partition coefficient (Wildman–Crippen LogP) is 3.21. The van der Waals surface area contributed by atoms with E-state index >= 15 is 0 Å². The Hall–Kier alpha value is -2.93. The Morgan fingerprint density at radius 3 is 2.75 bits per heavy atom. The molecule has 0 unspecified atom stereocenters. The number of hydrogen-bond acceptors (Lipinski definition) is 4. The van der Waals surface area contributed by atoms with Crippen LogP contribution in [0.25, 0.3) is 22.0 Å². The summed E-state index contributed by atoms with van der Waals surface area (Å²) in [6, 6.07) is 15.7. The number of rotatable bonds is 2. The number of benzene rings is 2. The number of aromatic nitrogens is 2. The smallest absolute Gasteiger partial charge is 0.137 e. The Bertz CT molecular complexity index is 818. The minimum absolute atomic E-state index is 0.662. The fraction of sp³-hybridized carbons (Fsp3) is 0.0625. The molecule has 0 saturated heterocycles. The molecule has 0 radical (unpaired) electrons. The highest BCUT2D eigenvalue weighted by molar-refractivity contribution is 5.92. The van der Waals surface area contributed by atoms with Crippen molar-refractivity contribution in [2.24, 2.45) is 0 Å². The second-order valence-electron chi connectivity index (χ2n) is 4.36. The van der Waals surface area contributed by atoms with E-state index in [1.165, 1.54) is 6.33 Å². The molecule has 1 aromatic heterocycles. The summed E-state index contributed by atoms with van der Waals surface area (Å²) in [6.07, 6.45) is 1.54. The van der Waals surface area contributed by atoms with Crippen molar-refractivity contribution in [1.29, 1.82) is 5.26 Å². The van der Waals surface area contributed by atoms with Gasteiger partial charge in [0.05, 0.1) is 17.1 Å². The Labute approximate surface area is 116 Å². The summed E-state index contributed by atoms with van der Waals surface area (Å²) in [4.78, 5) is 8.47. The van der Waals surface area contributed by atoms with E-state index in [0.29, 0.717) is 5.56 Å². The molecule has 0 aliphatic carbocycles. The van der Waals surface area contributed by atoms with E-state index in [9.17, 15) is 5.26 Å². The molecule has 1 heterocycles. The topological polar surface area (TPSA) is 61.6 Å². The van der Waals surface area contributed by atoms with E-state index < -0.39 is 0 Å². The molecule has 2 aromatic carbocycles. The molecule has 0 spiro atoms. The van der Waals surface area contributed by atoms with Crippen LogP contribution in [-0.2, 0) is 0 Å². The van der Waals surface area contributed by atoms with Gasteiger partial charge in [-0.3, -0.25) is 0 Å². The molecular weight excluding hydrogens is 248 g/mol. The van der Waals surface area contributed by atoms with Crippen molar-refractivity contribution in [3.05, 3.63) is 54.4 Å². The molecule has 0 aliphatic rings. The summed E-state index contributed by atoms with van der Waals surface area (Å²) in [5.74, 6) is 0.784. The van der Waals surface area contributed by atoms with E-state index in [0.717, 1.165) is 27.8 Å². The first-order valence-corrected chi connectivity index (χ1v) is 6.25. The van der Waals surface area contributed by atoms with Crippen LogP contribution in [0.15, 0.2) is 48.8 Å². The van der Waals surface area contributed by atoms with Gasteiger partial charge in [0.1, 0.15) is 12.1 Å². The van der Waals surface area contributed by atoms with Crippen LogP contribution >= 0.6 is 0 Å². The van der Waals surface area contributed by atoms with Crippen LogP contribution in [0, 0.1) is 11.3 Å². The van der Waals surface area contributed by atoms with Gasteiger partial charge in [-0.15, -0.1) is 0 Å². The van der Waals surface area contributed by atoms with Crippen molar-refractivity contribution in [2.45, 2.75) is 0 Å². The van der Waals surface area contributed by atoms with E-state index in [2.05, 4.69) is 21.4 Å².